The van der Waals surface area contributed by atoms with Crippen LogP contribution in [0.5, 0.6) is 0 Å². The first-order chi connectivity index (χ1) is 6.97. The van der Waals surface area contributed by atoms with Gasteiger partial charge in [-0.15, -0.1) is 0 Å². The van der Waals surface area contributed by atoms with E-state index in [1.54, 1.807) is 0 Å². The van der Waals surface area contributed by atoms with Crippen LogP contribution in [0.15, 0.2) is 0 Å². The molecule has 0 radical (unpaired) electrons. The van der Waals surface area contributed by atoms with Crippen LogP contribution in [0.3, 0.4) is 0 Å². The van der Waals surface area contributed by atoms with Crippen molar-refractivity contribution >= 4 is 5.91 Å². The lowest BCUT2D eigenvalue weighted by molar-refractivity contribution is -0.136. The van der Waals surface area contributed by atoms with Crippen LogP contribution in [-0.4, -0.2) is 29.4 Å². The summed E-state index contributed by atoms with van der Waals surface area (Å²) >= 11 is 0. The zero-order chi connectivity index (χ0) is 11.5. The van der Waals surface area contributed by atoms with E-state index in [2.05, 4.69) is 6.92 Å². The molecule has 1 amide bonds. The van der Waals surface area contributed by atoms with E-state index in [1.165, 1.54) is 6.42 Å². The third-order valence-corrected chi connectivity index (χ3v) is 3.53. The standard InChI is InChI=1S/C12H24N2O/c1-4-12(3,13)11(15)14-8-5-6-10(2)7-9-14/h10H,4-9,13H2,1-3H3. The average molecular weight is 212 g/mol. The van der Waals surface area contributed by atoms with Gasteiger partial charge in [-0.2, -0.15) is 0 Å². The molecule has 1 rings (SSSR count). The van der Waals surface area contributed by atoms with Gasteiger partial charge in [-0.25, -0.2) is 0 Å². The van der Waals surface area contributed by atoms with E-state index in [0.717, 1.165) is 31.8 Å². The predicted molar refractivity (Wildman–Crippen MR) is 62.5 cm³/mol. The van der Waals surface area contributed by atoms with Crippen LogP contribution < -0.4 is 5.73 Å². The van der Waals surface area contributed by atoms with Crippen molar-refractivity contribution in [3.8, 4) is 0 Å². The highest BCUT2D eigenvalue weighted by Crippen LogP contribution is 2.19. The van der Waals surface area contributed by atoms with E-state index >= 15 is 0 Å². The highest BCUT2D eigenvalue weighted by molar-refractivity contribution is 5.85. The van der Waals surface area contributed by atoms with Crippen LogP contribution in [0.1, 0.15) is 46.5 Å². The van der Waals surface area contributed by atoms with Crippen LogP contribution in [-0.2, 0) is 4.79 Å². The lowest BCUT2D eigenvalue weighted by Crippen LogP contribution is -2.53. The van der Waals surface area contributed by atoms with Crippen molar-refractivity contribution in [2.45, 2.75) is 52.0 Å². The van der Waals surface area contributed by atoms with Gasteiger partial charge in [-0.05, 0) is 38.5 Å². The minimum absolute atomic E-state index is 0.124. The van der Waals surface area contributed by atoms with Gasteiger partial charge >= 0.3 is 0 Å². The zero-order valence-corrected chi connectivity index (χ0v) is 10.3. The number of rotatable bonds is 2. The SMILES string of the molecule is CCC(C)(N)C(=O)N1CCCC(C)CC1. The lowest BCUT2D eigenvalue weighted by atomic mass is 9.98. The van der Waals surface area contributed by atoms with Crippen molar-refractivity contribution in [3.63, 3.8) is 0 Å². The molecule has 1 aliphatic heterocycles. The number of likely N-dealkylation sites (tertiary alicyclic amines) is 1. The summed E-state index contributed by atoms with van der Waals surface area (Å²) in [5, 5.41) is 0. The smallest absolute Gasteiger partial charge is 0.242 e. The summed E-state index contributed by atoms with van der Waals surface area (Å²) < 4.78 is 0. The molecular formula is C12H24N2O. The molecule has 1 saturated heterocycles. The molecule has 0 aromatic rings. The maximum absolute atomic E-state index is 12.1. The van der Waals surface area contributed by atoms with E-state index < -0.39 is 5.54 Å². The molecule has 0 saturated carbocycles. The number of carbonyl (C=O) groups excluding carboxylic acids is 1. The first kappa shape index (κ1) is 12.5. The fourth-order valence-corrected chi connectivity index (χ4v) is 1.98. The molecule has 1 aliphatic rings. The molecular weight excluding hydrogens is 188 g/mol. The Balaban J connectivity index is 2.59. The maximum Gasteiger partial charge on any atom is 0.242 e. The second-order valence-corrected chi connectivity index (χ2v) is 5.10. The van der Waals surface area contributed by atoms with Gasteiger partial charge in [0.2, 0.25) is 5.91 Å². The predicted octanol–water partition coefficient (Wildman–Crippen LogP) is 1.76. The lowest BCUT2D eigenvalue weighted by Gasteiger charge is -2.30. The Hall–Kier alpha value is -0.570. The van der Waals surface area contributed by atoms with E-state index in [0.29, 0.717) is 6.42 Å². The van der Waals surface area contributed by atoms with Crippen molar-refractivity contribution in [1.29, 1.82) is 0 Å². The molecule has 15 heavy (non-hydrogen) atoms. The average Bonchev–Trinajstić information content (AvgIpc) is 2.42. The van der Waals surface area contributed by atoms with E-state index in [4.69, 9.17) is 5.73 Å². The van der Waals surface area contributed by atoms with Crippen LogP contribution in [0.25, 0.3) is 0 Å². The van der Waals surface area contributed by atoms with Gasteiger partial charge in [0, 0.05) is 13.1 Å². The molecule has 3 nitrogen and oxygen atoms in total. The molecule has 0 aromatic heterocycles. The molecule has 0 aromatic carbocycles. The molecule has 0 spiro atoms. The van der Waals surface area contributed by atoms with Gasteiger partial charge in [0.1, 0.15) is 0 Å². The number of carbonyl (C=O) groups is 1. The Bertz CT molecular complexity index is 226. The molecule has 88 valence electrons. The van der Waals surface area contributed by atoms with E-state index in [9.17, 15) is 4.79 Å². The molecule has 2 atom stereocenters. The van der Waals surface area contributed by atoms with Crippen LogP contribution in [0.2, 0.25) is 0 Å². The van der Waals surface area contributed by atoms with Crippen LogP contribution in [0, 0.1) is 5.92 Å². The largest absolute Gasteiger partial charge is 0.341 e. The van der Waals surface area contributed by atoms with Crippen LogP contribution in [0.4, 0.5) is 0 Å². The molecule has 1 heterocycles. The molecule has 2 unspecified atom stereocenters. The quantitative estimate of drug-likeness (QED) is 0.758. The molecule has 2 N–H and O–H groups in total. The Morgan fingerprint density at radius 3 is 2.73 bits per heavy atom. The first-order valence-corrected chi connectivity index (χ1v) is 6.05. The minimum Gasteiger partial charge on any atom is -0.341 e. The van der Waals surface area contributed by atoms with Gasteiger partial charge in [0.15, 0.2) is 0 Å². The second-order valence-electron chi connectivity index (χ2n) is 5.10. The van der Waals surface area contributed by atoms with Crippen molar-refractivity contribution in [1.82, 2.24) is 4.90 Å². The van der Waals surface area contributed by atoms with Gasteiger partial charge in [-0.3, -0.25) is 4.79 Å². The summed E-state index contributed by atoms with van der Waals surface area (Å²) in [6.07, 6.45) is 4.17. The van der Waals surface area contributed by atoms with E-state index in [1.807, 2.05) is 18.7 Å². The monoisotopic (exact) mass is 212 g/mol. The molecule has 3 heteroatoms. The summed E-state index contributed by atoms with van der Waals surface area (Å²) in [6.45, 7) is 7.83. The Labute approximate surface area is 93.0 Å². The van der Waals surface area contributed by atoms with E-state index in [-0.39, 0.29) is 5.91 Å². The zero-order valence-electron chi connectivity index (χ0n) is 10.3. The van der Waals surface area contributed by atoms with Crippen molar-refractivity contribution in [2.75, 3.05) is 13.1 Å². The minimum atomic E-state index is -0.673. The normalized spacial score (nSPS) is 26.9. The van der Waals surface area contributed by atoms with Gasteiger partial charge < -0.3 is 10.6 Å². The first-order valence-electron chi connectivity index (χ1n) is 6.05. The Morgan fingerprint density at radius 2 is 2.13 bits per heavy atom. The molecule has 0 bridgehead atoms. The number of nitrogens with zero attached hydrogens (tertiary/aromatic N) is 1. The number of hydrogen-bond acceptors (Lipinski definition) is 2. The van der Waals surface area contributed by atoms with Gasteiger partial charge in [0.05, 0.1) is 5.54 Å². The number of nitrogens with two attached hydrogens (primary N) is 1. The summed E-state index contributed by atoms with van der Waals surface area (Å²) in [7, 11) is 0. The van der Waals surface area contributed by atoms with Gasteiger partial charge in [-0.1, -0.05) is 13.8 Å². The fraction of sp³-hybridized carbons (Fsp3) is 0.917. The topological polar surface area (TPSA) is 46.3 Å². The third kappa shape index (κ3) is 3.20. The highest BCUT2D eigenvalue weighted by Gasteiger charge is 2.31. The molecule has 1 fully saturated rings. The second kappa shape index (κ2) is 4.97. The third-order valence-electron chi connectivity index (χ3n) is 3.53. The fourth-order valence-electron chi connectivity index (χ4n) is 1.98. The van der Waals surface area contributed by atoms with Crippen molar-refractivity contribution < 1.29 is 4.79 Å². The summed E-state index contributed by atoms with van der Waals surface area (Å²) in [6, 6.07) is 0. The van der Waals surface area contributed by atoms with Crippen molar-refractivity contribution in [2.24, 2.45) is 11.7 Å². The summed E-state index contributed by atoms with van der Waals surface area (Å²) in [4.78, 5) is 14.1. The Morgan fingerprint density at radius 1 is 1.47 bits per heavy atom. The Kier molecular flexibility index (Phi) is 4.14. The summed E-state index contributed by atoms with van der Waals surface area (Å²) in [5.41, 5.74) is 5.31. The maximum atomic E-state index is 12.1. The number of hydrogen-bond donors (Lipinski definition) is 1. The highest BCUT2D eigenvalue weighted by atomic mass is 16.2. The van der Waals surface area contributed by atoms with Crippen molar-refractivity contribution in [3.05, 3.63) is 0 Å². The summed E-state index contributed by atoms with van der Waals surface area (Å²) in [5.74, 6) is 0.868. The molecule has 0 aliphatic carbocycles. The van der Waals surface area contributed by atoms with Crippen LogP contribution >= 0.6 is 0 Å². The number of amides is 1. The van der Waals surface area contributed by atoms with Gasteiger partial charge in [0.25, 0.3) is 0 Å².